The molecule has 6 heteroatoms. The molecule has 1 rings (SSSR count). The zero-order valence-electron chi connectivity index (χ0n) is 11.9. The van der Waals surface area contributed by atoms with Gasteiger partial charge in [0.25, 0.3) is 0 Å². The predicted molar refractivity (Wildman–Crippen MR) is 70.9 cm³/mol. The Morgan fingerprint density at radius 1 is 1.42 bits per heavy atom. The fourth-order valence-corrected chi connectivity index (χ4v) is 2.29. The van der Waals surface area contributed by atoms with E-state index in [4.69, 9.17) is 10.2 Å². The van der Waals surface area contributed by atoms with Gasteiger partial charge in [0.05, 0.1) is 0 Å². The van der Waals surface area contributed by atoms with E-state index in [1.807, 2.05) is 0 Å². The molecule has 1 saturated heterocycles. The van der Waals surface area contributed by atoms with Crippen LogP contribution in [0.5, 0.6) is 0 Å². The lowest BCUT2D eigenvalue weighted by atomic mass is 10.0. The number of likely N-dealkylation sites (tertiary alicyclic amines) is 1. The number of carboxylic acids is 1. The van der Waals surface area contributed by atoms with Crippen LogP contribution in [0.4, 0.5) is 4.79 Å². The Labute approximate surface area is 114 Å². The molecule has 110 valence electrons. The molecule has 0 aliphatic carbocycles. The molecule has 1 unspecified atom stereocenters. The quantitative estimate of drug-likeness (QED) is 0.786. The molecule has 0 aromatic carbocycles. The van der Waals surface area contributed by atoms with Crippen LogP contribution in [0.2, 0.25) is 0 Å². The van der Waals surface area contributed by atoms with Gasteiger partial charge in [-0.05, 0) is 39.5 Å². The van der Waals surface area contributed by atoms with Crippen LogP contribution in [0.1, 0.15) is 39.5 Å². The lowest BCUT2D eigenvalue weighted by Gasteiger charge is -2.36. The van der Waals surface area contributed by atoms with E-state index in [1.54, 1.807) is 4.90 Å². The Balaban J connectivity index is 2.73. The van der Waals surface area contributed by atoms with Crippen molar-refractivity contribution in [2.75, 3.05) is 20.2 Å². The standard InChI is InChI=1S/C13H24N2O4/c1-13(2,11(17)18)14(3)12(19)15-8-4-6-10(15)7-5-9-16/h10,16H,4-9H2,1-3H3,(H,17,18). The van der Waals surface area contributed by atoms with E-state index >= 15 is 0 Å². The number of carboxylic acid groups (broad SMARTS) is 1. The zero-order chi connectivity index (χ0) is 14.6. The minimum Gasteiger partial charge on any atom is -0.480 e. The molecule has 0 bridgehead atoms. The molecule has 0 saturated carbocycles. The fraction of sp³-hybridized carbons (Fsp3) is 0.846. The van der Waals surface area contributed by atoms with Crippen LogP contribution in [0.3, 0.4) is 0 Å². The van der Waals surface area contributed by atoms with Crippen molar-refractivity contribution in [2.45, 2.75) is 51.1 Å². The van der Waals surface area contributed by atoms with Crippen molar-refractivity contribution >= 4 is 12.0 Å². The third-order valence-corrected chi connectivity index (χ3v) is 3.97. The van der Waals surface area contributed by atoms with Crippen LogP contribution in [0, 0.1) is 0 Å². The number of hydrogen-bond acceptors (Lipinski definition) is 3. The maximum absolute atomic E-state index is 12.4. The van der Waals surface area contributed by atoms with Crippen molar-refractivity contribution in [2.24, 2.45) is 0 Å². The zero-order valence-corrected chi connectivity index (χ0v) is 11.9. The molecule has 0 spiro atoms. The number of likely N-dealkylation sites (N-methyl/N-ethyl adjacent to an activating group) is 1. The van der Waals surface area contributed by atoms with E-state index in [-0.39, 0.29) is 18.7 Å². The third-order valence-electron chi connectivity index (χ3n) is 3.97. The highest BCUT2D eigenvalue weighted by Gasteiger charge is 2.39. The fourth-order valence-electron chi connectivity index (χ4n) is 2.29. The van der Waals surface area contributed by atoms with Gasteiger partial charge in [0.2, 0.25) is 0 Å². The molecule has 1 aliphatic heterocycles. The summed E-state index contributed by atoms with van der Waals surface area (Å²) in [5.41, 5.74) is -1.22. The van der Waals surface area contributed by atoms with Crippen molar-refractivity contribution in [3.8, 4) is 0 Å². The number of amides is 2. The van der Waals surface area contributed by atoms with E-state index in [1.165, 1.54) is 25.8 Å². The van der Waals surface area contributed by atoms with Gasteiger partial charge in [-0.2, -0.15) is 0 Å². The Bertz CT molecular complexity index is 344. The van der Waals surface area contributed by atoms with Gasteiger partial charge in [-0.3, -0.25) is 0 Å². The Hall–Kier alpha value is -1.30. The van der Waals surface area contributed by atoms with Gasteiger partial charge in [0.1, 0.15) is 5.54 Å². The van der Waals surface area contributed by atoms with Crippen LogP contribution in [0.25, 0.3) is 0 Å². The molecule has 6 nitrogen and oxygen atoms in total. The first-order valence-corrected chi connectivity index (χ1v) is 6.71. The largest absolute Gasteiger partial charge is 0.480 e. The number of aliphatic carboxylic acids is 1. The number of carbonyl (C=O) groups is 2. The predicted octanol–water partition coefficient (Wildman–Crippen LogP) is 1.14. The molecule has 1 aliphatic rings. The van der Waals surface area contributed by atoms with Crippen molar-refractivity contribution in [1.82, 2.24) is 9.80 Å². The van der Waals surface area contributed by atoms with Crippen LogP contribution in [-0.2, 0) is 4.79 Å². The van der Waals surface area contributed by atoms with Gasteiger partial charge in [-0.25, -0.2) is 9.59 Å². The van der Waals surface area contributed by atoms with Gasteiger partial charge in [0, 0.05) is 26.2 Å². The smallest absolute Gasteiger partial charge is 0.329 e. The van der Waals surface area contributed by atoms with Crippen LogP contribution >= 0.6 is 0 Å². The lowest BCUT2D eigenvalue weighted by molar-refractivity contribution is -0.147. The van der Waals surface area contributed by atoms with Gasteiger partial charge in [-0.1, -0.05) is 0 Å². The third kappa shape index (κ3) is 3.37. The Morgan fingerprint density at radius 2 is 2.05 bits per heavy atom. The maximum Gasteiger partial charge on any atom is 0.329 e. The number of urea groups is 1. The van der Waals surface area contributed by atoms with E-state index < -0.39 is 11.5 Å². The average Bonchev–Trinajstić information content (AvgIpc) is 2.82. The number of rotatable bonds is 5. The van der Waals surface area contributed by atoms with Crippen LogP contribution in [0.15, 0.2) is 0 Å². The summed E-state index contributed by atoms with van der Waals surface area (Å²) in [5, 5.41) is 18.0. The molecule has 0 aromatic rings. The molecule has 1 fully saturated rings. The molecular weight excluding hydrogens is 248 g/mol. The summed E-state index contributed by atoms with van der Waals surface area (Å²) >= 11 is 0. The van der Waals surface area contributed by atoms with E-state index in [0.29, 0.717) is 13.0 Å². The highest BCUT2D eigenvalue weighted by Crippen LogP contribution is 2.25. The van der Waals surface area contributed by atoms with Gasteiger partial charge < -0.3 is 20.0 Å². The molecule has 0 aromatic heterocycles. The first-order valence-electron chi connectivity index (χ1n) is 6.71. The summed E-state index contributed by atoms with van der Waals surface area (Å²) in [6, 6.07) is -0.125. The van der Waals surface area contributed by atoms with Crippen molar-refractivity contribution in [1.29, 1.82) is 0 Å². The topological polar surface area (TPSA) is 81.1 Å². The summed E-state index contributed by atoms with van der Waals surface area (Å²) in [6.45, 7) is 3.82. The first-order chi connectivity index (χ1) is 8.82. The first kappa shape index (κ1) is 15.8. The van der Waals surface area contributed by atoms with E-state index in [9.17, 15) is 9.59 Å². The monoisotopic (exact) mass is 272 g/mol. The number of aliphatic hydroxyl groups is 1. The second-order valence-electron chi connectivity index (χ2n) is 5.56. The molecule has 2 N–H and O–H groups in total. The summed E-state index contributed by atoms with van der Waals surface area (Å²) in [4.78, 5) is 26.6. The highest BCUT2D eigenvalue weighted by molar-refractivity contribution is 5.85. The molecular formula is C13H24N2O4. The Morgan fingerprint density at radius 3 is 2.58 bits per heavy atom. The van der Waals surface area contributed by atoms with E-state index in [0.717, 1.165) is 19.3 Å². The van der Waals surface area contributed by atoms with Crippen LogP contribution < -0.4 is 0 Å². The number of nitrogens with zero attached hydrogens (tertiary/aromatic N) is 2. The SMILES string of the molecule is CN(C(=O)N1CCCC1CCCO)C(C)(C)C(=O)O. The van der Waals surface area contributed by atoms with Gasteiger partial charge in [-0.15, -0.1) is 0 Å². The molecule has 1 heterocycles. The lowest BCUT2D eigenvalue weighted by Crippen LogP contribution is -2.55. The summed E-state index contributed by atoms with van der Waals surface area (Å²) in [6.07, 6.45) is 3.29. The second kappa shape index (κ2) is 6.23. The van der Waals surface area contributed by atoms with Gasteiger partial charge >= 0.3 is 12.0 Å². The van der Waals surface area contributed by atoms with Crippen molar-refractivity contribution in [3.05, 3.63) is 0 Å². The van der Waals surface area contributed by atoms with Crippen molar-refractivity contribution in [3.63, 3.8) is 0 Å². The molecule has 2 amide bonds. The van der Waals surface area contributed by atoms with Crippen LogP contribution in [-0.4, -0.2) is 63.8 Å². The minimum absolute atomic E-state index is 0.117. The molecule has 0 radical (unpaired) electrons. The number of carbonyl (C=O) groups excluding carboxylic acids is 1. The summed E-state index contributed by atoms with van der Waals surface area (Å²) in [5.74, 6) is -1.02. The second-order valence-corrected chi connectivity index (χ2v) is 5.56. The normalized spacial score (nSPS) is 19.6. The Kier molecular flexibility index (Phi) is 5.17. The number of hydrogen-bond donors (Lipinski definition) is 2. The maximum atomic E-state index is 12.4. The summed E-state index contributed by atoms with van der Waals surface area (Å²) in [7, 11) is 1.53. The number of aliphatic hydroxyl groups excluding tert-OH is 1. The molecule has 19 heavy (non-hydrogen) atoms. The summed E-state index contributed by atoms with van der Waals surface area (Å²) < 4.78 is 0. The van der Waals surface area contributed by atoms with Gasteiger partial charge in [0.15, 0.2) is 0 Å². The highest BCUT2D eigenvalue weighted by atomic mass is 16.4. The molecule has 1 atom stereocenters. The van der Waals surface area contributed by atoms with Crippen molar-refractivity contribution < 1.29 is 19.8 Å². The van der Waals surface area contributed by atoms with E-state index in [2.05, 4.69) is 0 Å². The minimum atomic E-state index is -1.22. The average molecular weight is 272 g/mol.